The first kappa shape index (κ1) is 17.9. The SMILES string of the molecule is CC(=O)c1cnc2ccc(Cl)nc2c1NC1CCC(N)CC1.Cl. The van der Waals surface area contributed by atoms with Crippen LogP contribution in [0.15, 0.2) is 18.3 Å². The van der Waals surface area contributed by atoms with Gasteiger partial charge in [-0.15, -0.1) is 12.4 Å². The molecule has 0 spiro atoms. The highest BCUT2D eigenvalue weighted by molar-refractivity contribution is 6.30. The molecule has 2 aromatic heterocycles. The van der Waals surface area contributed by atoms with E-state index in [4.69, 9.17) is 17.3 Å². The zero-order chi connectivity index (χ0) is 15.7. The largest absolute Gasteiger partial charge is 0.380 e. The molecule has 0 aliphatic heterocycles. The van der Waals surface area contributed by atoms with E-state index in [9.17, 15) is 4.79 Å². The highest BCUT2D eigenvalue weighted by Gasteiger charge is 2.22. The number of hydrogen-bond acceptors (Lipinski definition) is 5. The van der Waals surface area contributed by atoms with Gasteiger partial charge in [-0.05, 0) is 44.7 Å². The lowest BCUT2D eigenvalue weighted by Crippen LogP contribution is -2.33. The molecule has 0 bridgehead atoms. The molecule has 1 saturated carbocycles. The van der Waals surface area contributed by atoms with Crippen molar-refractivity contribution in [2.75, 3.05) is 5.32 Å². The number of anilines is 1. The summed E-state index contributed by atoms with van der Waals surface area (Å²) in [7, 11) is 0. The van der Waals surface area contributed by atoms with Crippen molar-refractivity contribution in [1.29, 1.82) is 0 Å². The number of fused-ring (bicyclic) bond motifs is 1. The number of hydrogen-bond donors (Lipinski definition) is 2. The average molecular weight is 355 g/mol. The molecule has 23 heavy (non-hydrogen) atoms. The van der Waals surface area contributed by atoms with Crippen molar-refractivity contribution < 1.29 is 4.79 Å². The van der Waals surface area contributed by atoms with Crippen molar-refractivity contribution in [1.82, 2.24) is 9.97 Å². The van der Waals surface area contributed by atoms with E-state index in [0.29, 0.717) is 22.3 Å². The van der Waals surface area contributed by atoms with Crippen molar-refractivity contribution in [3.05, 3.63) is 29.0 Å². The van der Waals surface area contributed by atoms with Crippen LogP contribution in [0.5, 0.6) is 0 Å². The molecule has 0 aromatic carbocycles. The van der Waals surface area contributed by atoms with Gasteiger partial charge in [0.2, 0.25) is 0 Å². The summed E-state index contributed by atoms with van der Waals surface area (Å²) in [4.78, 5) is 20.6. The lowest BCUT2D eigenvalue weighted by molar-refractivity contribution is 0.101. The van der Waals surface area contributed by atoms with Crippen molar-refractivity contribution in [3.8, 4) is 0 Å². The Morgan fingerprint density at radius 2 is 2.00 bits per heavy atom. The number of carbonyl (C=O) groups is 1. The summed E-state index contributed by atoms with van der Waals surface area (Å²) in [6.07, 6.45) is 5.57. The Kier molecular flexibility index (Phi) is 5.79. The molecule has 0 saturated heterocycles. The molecule has 124 valence electrons. The Morgan fingerprint density at radius 3 is 2.65 bits per heavy atom. The van der Waals surface area contributed by atoms with Crippen LogP contribution >= 0.6 is 24.0 Å². The maximum Gasteiger partial charge on any atom is 0.163 e. The van der Waals surface area contributed by atoms with Crippen LogP contribution in [0.25, 0.3) is 11.0 Å². The van der Waals surface area contributed by atoms with E-state index in [0.717, 1.165) is 36.9 Å². The fraction of sp³-hybridized carbons (Fsp3) is 0.438. The molecule has 1 aliphatic rings. The fourth-order valence-electron chi connectivity index (χ4n) is 2.92. The second kappa shape index (κ2) is 7.43. The Bertz CT molecular complexity index is 715. The lowest BCUT2D eigenvalue weighted by Gasteiger charge is -2.28. The van der Waals surface area contributed by atoms with Crippen LogP contribution in [0, 0.1) is 0 Å². The van der Waals surface area contributed by atoms with Crippen LogP contribution in [0.2, 0.25) is 5.15 Å². The molecular weight excluding hydrogens is 335 g/mol. The summed E-state index contributed by atoms with van der Waals surface area (Å²) >= 11 is 6.02. The summed E-state index contributed by atoms with van der Waals surface area (Å²) in [5.74, 6) is -0.0359. The summed E-state index contributed by atoms with van der Waals surface area (Å²) in [6, 6.07) is 4.10. The van der Waals surface area contributed by atoms with E-state index in [1.54, 1.807) is 12.3 Å². The standard InChI is InChI=1S/C16H19ClN4O.ClH/c1-9(22)12-8-19-13-6-7-14(17)21-16(13)15(12)20-11-4-2-10(18)3-5-11;/h6-8,10-11H,2-5,18H2,1H3,(H,19,20);1H. The third-order valence-corrected chi connectivity index (χ3v) is 4.39. The first-order chi connectivity index (χ1) is 10.5. The van der Waals surface area contributed by atoms with Crippen LogP contribution < -0.4 is 11.1 Å². The number of nitrogens with two attached hydrogens (primary N) is 1. The predicted octanol–water partition coefficient (Wildman–Crippen LogP) is 3.59. The molecule has 0 atom stereocenters. The highest BCUT2D eigenvalue weighted by atomic mass is 35.5. The normalized spacial score (nSPS) is 20.8. The van der Waals surface area contributed by atoms with Crippen molar-refractivity contribution >= 4 is 46.5 Å². The maximum absolute atomic E-state index is 11.9. The molecule has 2 heterocycles. The monoisotopic (exact) mass is 354 g/mol. The van der Waals surface area contributed by atoms with E-state index in [2.05, 4.69) is 15.3 Å². The second-order valence-electron chi connectivity index (χ2n) is 5.86. The minimum Gasteiger partial charge on any atom is -0.380 e. The minimum atomic E-state index is -0.0359. The zero-order valence-corrected chi connectivity index (χ0v) is 14.5. The van der Waals surface area contributed by atoms with Gasteiger partial charge in [-0.1, -0.05) is 11.6 Å². The Labute approximate surface area is 146 Å². The molecule has 0 radical (unpaired) electrons. The van der Waals surface area contributed by atoms with Gasteiger partial charge >= 0.3 is 0 Å². The van der Waals surface area contributed by atoms with Crippen LogP contribution in [0.3, 0.4) is 0 Å². The zero-order valence-electron chi connectivity index (χ0n) is 12.9. The molecule has 1 fully saturated rings. The Hall–Kier alpha value is -1.43. The number of ketones is 1. The third kappa shape index (κ3) is 3.91. The molecule has 0 unspecified atom stereocenters. The molecule has 1 aliphatic carbocycles. The van der Waals surface area contributed by atoms with Gasteiger partial charge in [-0.25, -0.2) is 4.98 Å². The van der Waals surface area contributed by atoms with Crippen LogP contribution in [-0.2, 0) is 0 Å². The summed E-state index contributed by atoms with van der Waals surface area (Å²) in [5, 5.41) is 3.88. The predicted molar refractivity (Wildman–Crippen MR) is 95.7 cm³/mol. The van der Waals surface area contributed by atoms with Crippen LogP contribution in [-0.4, -0.2) is 27.8 Å². The first-order valence-corrected chi connectivity index (χ1v) is 7.90. The molecule has 3 N–H and O–H groups in total. The van der Waals surface area contributed by atoms with Gasteiger partial charge in [0.1, 0.15) is 10.7 Å². The highest BCUT2D eigenvalue weighted by Crippen LogP contribution is 2.29. The molecule has 7 heteroatoms. The number of aromatic nitrogens is 2. The van der Waals surface area contributed by atoms with Gasteiger partial charge < -0.3 is 11.1 Å². The maximum atomic E-state index is 11.9. The van der Waals surface area contributed by atoms with Gasteiger partial charge in [0.05, 0.1) is 16.8 Å². The molecule has 3 rings (SSSR count). The van der Waals surface area contributed by atoms with Gasteiger partial charge in [-0.3, -0.25) is 9.78 Å². The van der Waals surface area contributed by atoms with E-state index in [1.165, 1.54) is 6.92 Å². The van der Waals surface area contributed by atoms with E-state index in [-0.39, 0.29) is 24.2 Å². The number of nitrogens with one attached hydrogen (secondary N) is 1. The fourth-order valence-corrected chi connectivity index (χ4v) is 3.07. The van der Waals surface area contributed by atoms with E-state index in [1.807, 2.05) is 6.07 Å². The minimum absolute atomic E-state index is 0. The number of halogens is 2. The third-order valence-electron chi connectivity index (χ3n) is 4.18. The smallest absolute Gasteiger partial charge is 0.163 e. The molecular formula is C16H20Cl2N4O. The molecule has 0 amide bonds. The van der Waals surface area contributed by atoms with Crippen molar-refractivity contribution in [2.24, 2.45) is 5.73 Å². The molecule has 5 nitrogen and oxygen atoms in total. The van der Waals surface area contributed by atoms with Crippen molar-refractivity contribution in [2.45, 2.75) is 44.7 Å². The first-order valence-electron chi connectivity index (χ1n) is 7.53. The van der Waals surface area contributed by atoms with Crippen LogP contribution in [0.1, 0.15) is 43.0 Å². The Morgan fingerprint density at radius 1 is 1.30 bits per heavy atom. The van der Waals surface area contributed by atoms with Gasteiger partial charge in [0.25, 0.3) is 0 Å². The van der Waals surface area contributed by atoms with Gasteiger partial charge in [0.15, 0.2) is 5.78 Å². The van der Waals surface area contributed by atoms with Crippen molar-refractivity contribution in [3.63, 3.8) is 0 Å². The average Bonchev–Trinajstić information content (AvgIpc) is 2.49. The van der Waals surface area contributed by atoms with Gasteiger partial charge in [-0.2, -0.15) is 0 Å². The summed E-state index contributed by atoms with van der Waals surface area (Å²) in [6.45, 7) is 1.54. The summed E-state index contributed by atoms with van der Waals surface area (Å²) < 4.78 is 0. The number of nitrogens with zero attached hydrogens (tertiary/aromatic N) is 2. The molecule has 2 aromatic rings. The second-order valence-corrected chi connectivity index (χ2v) is 6.25. The topological polar surface area (TPSA) is 80.9 Å². The number of Topliss-reactive ketones (excluding diaryl/α,β-unsaturated/α-hetero) is 1. The number of pyridine rings is 2. The van der Waals surface area contributed by atoms with E-state index < -0.39 is 0 Å². The Balaban J connectivity index is 0.00000192. The lowest BCUT2D eigenvalue weighted by atomic mass is 9.91. The van der Waals surface area contributed by atoms with E-state index >= 15 is 0 Å². The van der Waals surface area contributed by atoms with Crippen LogP contribution in [0.4, 0.5) is 5.69 Å². The number of carbonyl (C=O) groups excluding carboxylic acids is 1. The van der Waals surface area contributed by atoms with Gasteiger partial charge in [0, 0.05) is 18.3 Å². The number of rotatable bonds is 3. The quantitative estimate of drug-likeness (QED) is 0.650. The summed E-state index contributed by atoms with van der Waals surface area (Å²) in [5.41, 5.74) is 8.62.